The van der Waals surface area contributed by atoms with Crippen LogP contribution >= 0.6 is 0 Å². The van der Waals surface area contributed by atoms with Crippen molar-refractivity contribution in [2.45, 2.75) is 229 Å². The molecule has 516 valence electrons. The predicted octanol–water partition coefficient (Wildman–Crippen LogP) is 2.95. The average molecular weight is 1280 g/mol. The Hall–Kier alpha value is -6.99. The van der Waals surface area contributed by atoms with Gasteiger partial charge in [0.15, 0.2) is 0 Å². The summed E-state index contributed by atoms with van der Waals surface area (Å²) >= 11 is 0. The number of carbonyl (C=O) groups is 11. The molecule has 1 aromatic heterocycles. The quantitative estimate of drug-likeness (QED) is 0.150. The Kier molecular flexibility index (Phi) is 32.0. The number of hydrogen-bond donors (Lipinski definition) is 5. The third-order valence-electron chi connectivity index (χ3n) is 17.2. The van der Waals surface area contributed by atoms with E-state index < -0.39 is 155 Å². The van der Waals surface area contributed by atoms with Gasteiger partial charge in [-0.05, 0) is 107 Å². The molecule has 26 heteroatoms. The van der Waals surface area contributed by atoms with Gasteiger partial charge in [-0.1, -0.05) is 96.9 Å². The van der Waals surface area contributed by atoms with E-state index in [1.807, 2.05) is 55.4 Å². The summed E-state index contributed by atoms with van der Waals surface area (Å²) in [6.07, 6.45) is 2.02. The Morgan fingerprint density at radius 2 is 0.868 bits per heavy atom. The fraction of sp³-hybridized carbons (Fsp3) is 0.769. The first-order valence-corrected chi connectivity index (χ1v) is 32.3. The molecule has 1 fully saturated rings. The third-order valence-corrected chi connectivity index (χ3v) is 17.2. The molecule has 26 nitrogen and oxygen atoms in total. The van der Waals surface area contributed by atoms with Gasteiger partial charge < -0.3 is 65.4 Å². The minimum Gasteiger partial charge on any atom is -0.463 e. The van der Waals surface area contributed by atoms with E-state index in [-0.39, 0.29) is 74.8 Å². The van der Waals surface area contributed by atoms with Gasteiger partial charge in [0.2, 0.25) is 65.0 Å². The van der Waals surface area contributed by atoms with E-state index >= 15 is 19.2 Å². The summed E-state index contributed by atoms with van der Waals surface area (Å²) in [5.74, 6) is -10.3. The number of aliphatic hydroxyl groups is 1. The van der Waals surface area contributed by atoms with Gasteiger partial charge in [-0.15, -0.1) is 0 Å². The van der Waals surface area contributed by atoms with Crippen molar-refractivity contribution in [3.8, 4) is 6.01 Å². The van der Waals surface area contributed by atoms with E-state index in [0.717, 1.165) is 9.80 Å². The number of amides is 11. The summed E-state index contributed by atoms with van der Waals surface area (Å²) in [5, 5.41) is 23.4. The Morgan fingerprint density at radius 3 is 1.33 bits per heavy atom. The summed E-state index contributed by atoms with van der Waals surface area (Å²) in [6.45, 7) is 29.4. The molecule has 0 radical (unpaired) electrons. The van der Waals surface area contributed by atoms with Gasteiger partial charge in [0.05, 0.1) is 12.7 Å². The van der Waals surface area contributed by atoms with E-state index in [0.29, 0.717) is 0 Å². The smallest absolute Gasteiger partial charge is 0.316 e. The molecule has 0 bridgehead atoms. The highest BCUT2D eigenvalue weighted by atomic mass is 16.5. The second-order valence-electron chi connectivity index (χ2n) is 27.3. The first-order chi connectivity index (χ1) is 42.2. The number of nitrogens with one attached hydrogen (secondary N) is 4. The molecule has 11 amide bonds. The number of carbonyl (C=O) groups excluding carboxylic acids is 11. The number of aromatic nitrogens is 2. The van der Waals surface area contributed by atoms with Crippen LogP contribution in [0, 0.1) is 41.4 Å². The van der Waals surface area contributed by atoms with Crippen molar-refractivity contribution < 1.29 is 62.6 Å². The summed E-state index contributed by atoms with van der Waals surface area (Å²) in [7, 11) is 9.86. The Labute approximate surface area is 541 Å². The van der Waals surface area contributed by atoms with E-state index in [1.165, 1.54) is 107 Å². The fourth-order valence-corrected chi connectivity index (χ4v) is 11.3. The van der Waals surface area contributed by atoms with Crippen LogP contribution in [0.1, 0.15) is 156 Å². The van der Waals surface area contributed by atoms with Crippen molar-refractivity contribution in [2.75, 3.05) is 55.9 Å². The van der Waals surface area contributed by atoms with E-state index in [2.05, 4.69) is 31.2 Å². The highest BCUT2D eigenvalue weighted by Crippen LogP contribution is 2.26. The second-order valence-corrected chi connectivity index (χ2v) is 27.3. The van der Waals surface area contributed by atoms with Crippen LogP contribution in [0.25, 0.3) is 0 Å². The number of ether oxygens (including phenoxy) is 1. The molecule has 0 aromatic carbocycles. The van der Waals surface area contributed by atoms with Gasteiger partial charge in [-0.25, -0.2) is 9.97 Å². The van der Waals surface area contributed by atoms with Gasteiger partial charge in [0, 0.05) is 61.7 Å². The minimum absolute atomic E-state index is 0.00610. The molecule has 0 unspecified atom stereocenters. The van der Waals surface area contributed by atoms with E-state index in [1.54, 1.807) is 47.6 Å². The minimum atomic E-state index is -1.71. The standard InChI is InChI=1S/C65H113N13O13/c1-25-45-60(86)72(18)44(17)59(85)73(19)47(32-36(4)5)56(82)71-50(39(10)11)63(89)74(20)46(31-35(2)3)55(81)68-42(15)54(80)69-43(16)58(84)75(21)48(33-37(6)7)61(87)76(22)49(34-38(8)9)62(88)77(23)51(40(12)13)64(90)78(24)52(57(83)70-45)53(79)41(14)27-30-91-65-66-28-26-29-67-65/h26,28-29,35-53,79H,25,27,30-34H2,1-24H3,(H,68,81)(H,69,80)(H,70,83)(H,71,82)/t41-,42-,43+,44-,45-,46-,47+,48-,49-,50-,51-,52-,53-/m1/s1. The molecular weight excluding hydrogens is 1170 g/mol. The maximum absolute atomic E-state index is 15.3. The number of aliphatic hydroxyl groups excluding tert-OH is 1. The van der Waals surface area contributed by atoms with Crippen molar-refractivity contribution in [1.82, 2.24) is 65.5 Å². The molecule has 5 N–H and O–H groups in total. The third kappa shape index (κ3) is 22.1. The van der Waals surface area contributed by atoms with E-state index in [9.17, 15) is 38.7 Å². The number of hydrogen-bond acceptors (Lipinski definition) is 15. The fourth-order valence-electron chi connectivity index (χ4n) is 11.3. The Morgan fingerprint density at radius 1 is 0.451 bits per heavy atom. The summed E-state index contributed by atoms with van der Waals surface area (Å²) < 4.78 is 5.74. The number of nitrogens with zero attached hydrogens (tertiary/aromatic N) is 9. The van der Waals surface area contributed by atoms with Crippen molar-refractivity contribution in [1.29, 1.82) is 0 Å². The van der Waals surface area contributed by atoms with Crippen LogP contribution in [0.4, 0.5) is 0 Å². The molecule has 1 aliphatic heterocycles. The van der Waals surface area contributed by atoms with Gasteiger partial charge >= 0.3 is 6.01 Å². The van der Waals surface area contributed by atoms with Crippen LogP contribution in [0.2, 0.25) is 0 Å². The lowest BCUT2D eigenvalue weighted by Crippen LogP contribution is -2.64. The molecule has 2 rings (SSSR count). The zero-order valence-electron chi connectivity index (χ0n) is 59.0. The van der Waals surface area contributed by atoms with Crippen LogP contribution in [-0.2, 0) is 52.7 Å². The largest absolute Gasteiger partial charge is 0.463 e. The molecule has 0 aliphatic carbocycles. The molecule has 1 saturated heterocycles. The zero-order chi connectivity index (χ0) is 70.0. The molecule has 91 heavy (non-hydrogen) atoms. The van der Waals surface area contributed by atoms with Gasteiger partial charge in [0.1, 0.15) is 66.5 Å². The maximum atomic E-state index is 15.3. The molecule has 1 aliphatic rings. The summed E-state index contributed by atoms with van der Waals surface area (Å²) in [6, 6.07) is -12.2. The molecular formula is C65H113N13O13. The first kappa shape index (κ1) is 80.1. The lowest BCUT2D eigenvalue weighted by molar-refractivity contribution is -0.157. The average Bonchev–Trinajstić information content (AvgIpc) is 0.883. The molecule has 1 aromatic rings. The van der Waals surface area contributed by atoms with Crippen LogP contribution in [0.3, 0.4) is 0 Å². The van der Waals surface area contributed by atoms with Crippen LogP contribution in [0.15, 0.2) is 18.5 Å². The maximum Gasteiger partial charge on any atom is 0.316 e. The monoisotopic (exact) mass is 1280 g/mol. The lowest BCUT2D eigenvalue weighted by Gasteiger charge is -2.41. The van der Waals surface area contributed by atoms with Crippen LogP contribution < -0.4 is 26.0 Å². The summed E-state index contributed by atoms with van der Waals surface area (Å²) in [4.78, 5) is 179. The predicted molar refractivity (Wildman–Crippen MR) is 346 cm³/mol. The second kappa shape index (κ2) is 36.3. The Balaban J connectivity index is 3.00. The van der Waals surface area contributed by atoms with Gasteiger partial charge in [0.25, 0.3) is 0 Å². The molecule has 0 spiro atoms. The van der Waals surface area contributed by atoms with Crippen LogP contribution in [-0.4, -0.2) is 243 Å². The Bertz CT molecular complexity index is 2620. The first-order valence-electron chi connectivity index (χ1n) is 32.3. The molecule has 2 heterocycles. The normalized spacial score (nSPS) is 26.6. The summed E-state index contributed by atoms with van der Waals surface area (Å²) in [5.41, 5.74) is 0. The van der Waals surface area contributed by atoms with Crippen molar-refractivity contribution in [3.05, 3.63) is 18.5 Å². The number of rotatable bonds is 17. The molecule has 13 atom stereocenters. The van der Waals surface area contributed by atoms with E-state index in [4.69, 9.17) is 4.74 Å². The lowest BCUT2D eigenvalue weighted by atomic mass is 9.91. The van der Waals surface area contributed by atoms with Gasteiger partial charge in [-0.3, -0.25) is 52.7 Å². The highest BCUT2D eigenvalue weighted by molar-refractivity contribution is 6.00. The van der Waals surface area contributed by atoms with Crippen molar-refractivity contribution in [2.24, 2.45) is 41.4 Å². The zero-order valence-corrected chi connectivity index (χ0v) is 59.0. The van der Waals surface area contributed by atoms with Crippen molar-refractivity contribution in [3.63, 3.8) is 0 Å². The topological polar surface area (TPSA) is 314 Å². The number of likely N-dealkylation sites (N-methyl/N-ethyl adjacent to an activating group) is 7. The van der Waals surface area contributed by atoms with Crippen molar-refractivity contribution >= 4 is 65.0 Å². The SMILES string of the molecule is CC[C@H]1NC(=O)[C@@H]([C@H](O)[C@H](C)CCOc2ncccn2)N(C)C(=O)[C@@H](C(C)C)N(C)C(=O)[C@@H](CC(C)C)N(C)C(=O)[C@@H](CC(C)C)N(C)C(=O)[C@H](C)NC(=O)[C@@H](C)NC(=O)[C@@H](CC(C)C)N(C)C(=O)[C@@H](C(C)C)NC(=O)[C@H](CC(C)C)N(C)C(=O)[C@@H](C)N(C)C1=O. The van der Waals surface area contributed by atoms with Gasteiger partial charge in [-0.2, -0.15) is 0 Å². The molecule has 0 saturated carbocycles. The van der Waals surface area contributed by atoms with Crippen LogP contribution in [0.5, 0.6) is 6.01 Å². The highest BCUT2D eigenvalue weighted by Gasteiger charge is 2.46.